The third-order valence-electron chi connectivity index (χ3n) is 2.59. The van der Waals surface area contributed by atoms with Crippen molar-refractivity contribution >= 4 is 22.2 Å². The number of nitrogens with zero attached hydrogens (tertiary/aromatic N) is 1. The first-order valence-electron chi connectivity index (χ1n) is 4.88. The lowest BCUT2D eigenvalue weighted by molar-refractivity contribution is 0.295. The Hall–Kier alpha value is -1.65. The van der Waals surface area contributed by atoms with Gasteiger partial charge in [0.05, 0.1) is 32.0 Å². The van der Waals surface area contributed by atoms with Gasteiger partial charge >= 0.3 is 0 Å². The lowest BCUT2D eigenvalue weighted by Gasteiger charge is -2.26. The van der Waals surface area contributed by atoms with Gasteiger partial charge in [-0.2, -0.15) is 0 Å². The van der Waals surface area contributed by atoms with Crippen LogP contribution in [0.15, 0.2) is 58.3 Å². The smallest absolute Gasteiger partial charge is 0.0894 e. The lowest BCUT2D eigenvalue weighted by atomic mass is 10.2. The van der Waals surface area contributed by atoms with Gasteiger partial charge in [0.1, 0.15) is 0 Å². The molecule has 16 heavy (non-hydrogen) atoms. The first-order valence-corrected chi connectivity index (χ1v) is 6.03. The van der Waals surface area contributed by atoms with Gasteiger partial charge in [0.15, 0.2) is 0 Å². The van der Waals surface area contributed by atoms with Crippen LogP contribution in [0.5, 0.6) is 0 Å². The van der Waals surface area contributed by atoms with Crippen molar-refractivity contribution in [2.45, 2.75) is 9.79 Å². The summed E-state index contributed by atoms with van der Waals surface area (Å²) < 4.78 is 12.2. The molecule has 0 bridgehead atoms. The fourth-order valence-electron chi connectivity index (χ4n) is 1.83. The number of para-hydroxylation sites is 2. The summed E-state index contributed by atoms with van der Waals surface area (Å²) in [7, 11) is -1.21. The van der Waals surface area contributed by atoms with Crippen molar-refractivity contribution in [1.82, 2.24) is 0 Å². The predicted octanol–water partition coefficient (Wildman–Crippen LogP) is 2.69. The molecule has 80 valence electrons. The minimum atomic E-state index is -1.21. The Labute approximate surface area is 95.4 Å². The van der Waals surface area contributed by atoms with Crippen molar-refractivity contribution in [2.24, 2.45) is 0 Å². The summed E-state index contributed by atoms with van der Waals surface area (Å²) in [5, 5.41) is 11.1. The molecule has 3 rings (SSSR count). The van der Waals surface area contributed by atoms with Gasteiger partial charge in [0, 0.05) is 0 Å². The summed E-state index contributed by atoms with van der Waals surface area (Å²) in [6, 6.07) is 14.3. The second-order valence-electron chi connectivity index (χ2n) is 3.52. The minimum absolute atomic E-state index is 0.583. The molecule has 1 aliphatic heterocycles. The number of benzene rings is 2. The maximum absolute atomic E-state index is 12.2. The highest BCUT2D eigenvalue weighted by Gasteiger charge is 2.26. The Morgan fingerprint density at radius 1 is 0.875 bits per heavy atom. The van der Waals surface area contributed by atoms with Crippen LogP contribution in [0.3, 0.4) is 0 Å². The highest BCUT2D eigenvalue weighted by Crippen LogP contribution is 2.40. The van der Waals surface area contributed by atoms with E-state index in [1.807, 2.05) is 24.3 Å². The van der Waals surface area contributed by atoms with Gasteiger partial charge in [-0.25, -0.2) is 9.27 Å². The fourth-order valence-corrected chi connectivity index (χ4v) is 3.16. The van der Waals surface area contributed by atoms with Crippen molar-refractivity contribution in [1.29, 1.82) is 0 Å². The molecule has 0 saturated heterocycles. The molecule has 0 spiro atoms. The summed E-state index contributed by atoms with van der Waals surface area (Å²) in [6.07, 6.45) is 0. The maximum atomic E-state index is 12.2. The molecule has 0 amide bonds. The van der Waals surface area contributed by atoms with Gasteiger partial charge in [-0.3, -0.25) is 5.21 Å². The van der Waals surface area contributed by atoms with E-state index in [1.165, 1.54) is 0 Å². The normalized spacial score (nSPS) is 14.4. The van der Waals surface area contributed by atoms with Gasteiger partial charge in [0.25, 0.3) is 0 Å². The van der Waals surface area contributed by atoms with Crippen LogP contribution in [-0.2, 0) is 10.8 Å². The Morgan fingerprint density at radius 3 is 1.81 bits per heavy atom. The number of hydrogen-bond acceptors (Lipinski definition) is 3. The zero-order valence-corrected chi connectivity index (χ0v) is 9.15. The molecule has 0 aliphatic carbocycles. The third-order valence-corrected chi connectivity index (χ3v) is 4.08. The molecule has 1 aliphatic rings. The van der Waals surface area contributed by atoms with E-state index in [-0.39, 0.29) is 0 Å². The van der Waals surface area contributed by atoms with Crippen molar-refractivity contribution < 1.29 is 9.42 Å². The van der Waals surface area contributed by atoms with E-state index >= 15 is 0 Å². The zero-order chi connectivity index (χ0) is 11.1. The van der Waals surface area contributed by atoms with Crippen LogP contribution in [0.25, 0.3) is 0 Å². The number of rotatable bonds is 0. The average molecular weight is 231 g/mol. The summed E-state index contributed by atoms with van der Waals surface area (Å²) in [5.41, 5.74) is 1.17. The standard InChI is InChI=1S/C12H9NO2S/c14-13-9-5-1-3-7-11(9)16(15)12-8-4-2-6-10(12)13/h1-8,14H. The monoisotopic (exact) mass is 231 g/mol. The number of fused-ring (bicyclic) bond motifs is 2. The summed E-state index contributed by atoms with van der Waals surface area (Å²) in [5.74, 6) is 0. The maximum Gasteiger partial charge on any atom is 0.0894 e. The number of hydrogen-bond donors (Lipinski definition) is 1. The Bertz CT molecular complexity index is 533. The first-order chi connectivity index (χ1) is 7.79. The lowest BCUT2D eigenvalue weighted by Crippen LogP contribution is -2.19. The van der Waals surface area contributed by atoms with E-state index in [2.05, 4.69) is 0 Å². The van der Waals surface area contributed by atoms with E-state index in [4.69, 9.17) is 0 Å². The van der Waals surface area contributed by atoms with Crippen LogP contribution >= 0.6 is 0 Å². The molecule has 0 radical (unpaired) electrons. The molecule has 0 unspecified atom stereocenters. The van der Waals surface area contributed by atoms with Gasteiger partial charge in [0.2, 0.25) is 0 Å². The van der Waals surface area contributed by atoms with Gasteiger partial charge < -0.3 is 0 Å². The van der Waals surface area contributed by atoms with Crippen LogP contribution in [0.4, 0.5) is 11.4 Å². The molecule has 2 aromatic carbocycles. The zero-order valence-electron chi connectivity index (χ0n) is 8.33. The third kappa shape index (κ3) is 1.20. The fraction of sp³-hybridized carbons (Fsp3) is 0. The highest BCUT2D eigenvalue weighted by atomic mass is 32.2. The van der Waals surface area contributed by atoms with E-state index < -0.39 is 10.8 Å². The van der Waals surface area contributed by atoms with Gasteiger partial charge in [-0.1, -0.05) is 24.3 Å². The van der Waals surface area contributed by atoms with Crippen LogP contribution in [-0.4, -0.2) is 9.42 Å². The Kier molecular flexibility index (Phi) is 2.05. The summed E-state index contributed by atoms with van der Waals surface area (Å²) in [6.45, 7) is 0. The Morgan fingerprint density at radius 2 is 1.31 bits per heavy atom. The summed E-state index contributed by atoms with van der Waals surface area (Å²) >= 11 is 0. The predicted molar refractivity (Wildman–Crippen MR) is 61.5 cm³/mol. The largest absolute Gasteiger partial charge is 0.283 e. The van der Waals surface area contributed by atoms with Crippen LogP contribution < -0.4 is 5.06 Å². The van der Waals surface area contributed by atoms with Crippen LogP contribution in [0.2, 0.25) is 0 Å². The molecule has 3 nitrogen and oxygen atoms in total. The SMILES string of the molecule is O=S1c2ccccc2N(O)c2ccccc21. The van der Waals surface area contributed by atoms with E-state index in [9.17, 15) is 9.42 Å². The van der Waals surface area contributed by atoms with Gasteiger partial charge in [-0.15, -0.1) is 0 Å². The molecule has 0 saturated carbocycles. The molecule has 1 heterocycles. The molecule has 1 N–H and O–H groups in total. The molecule has 0 aromatic heterocycles. The molecule has 0 atom stereocenters. The van der Waals surface area contributed by atoms with E-state index in [0.29, 0.717) is 21.2 Å². The van der Waals surface area contributed by atoms with Crippen molar-refractivity contribution in [3.63, 3.8) is 0 Å². The molecule has 2 aromatic rings. The highest BCUT2D eigenvalue weighted by molar-refractivity contribution is 7.85. The van der Waals surface area contributed by atoms with E-state index in [1.54, 1.807) is 24.3 Å². The van der Waals surface area contributed by atoms with E-state index in [0.717, 1.165) is 5.06 Å². The second-order valence-corrected chi connectivity index (χ2v) is 4.93. The minimum Gasteiger partial charge on any atom is -0.283 e. The van der Waals surface area contributed by atoms with Crippen molar-refractivity contribution in [3.05, 3.63) is 48.5 Å². The topological polar surface area (TPSA) is 40.5 Å². The Balaban J connectivity index is 2.30. The summed E-state index contributed by atoms with van der Waals surface area (Å²) in [4.78, 5) is 1.28. The van der Waals surface area contributed by atoms with Crippen molar-refractivity contribution in [3.8, 4) is 0 Å². The molecule has 4 heteroatoms. The quantitative estimate of drug-likeness (QED) is 0.757. The molecular formula is C12H9NO2S. The van der Waals surface area contributed by atoms with Crippen LogP contribution in [0.1, 0.15) is 0 Å². The number of anilines is 2. The molecular weight excluding hydrogens is 222 g/mol. The van der Waals surface area contributed by atoms with Crippen molar-refractivity contribution in [2.75, 3.05) is 5.06 Å². The first kappa shape index (κ1) is 9.57. The van der Waals surface area contributed by atoms with Crippen LogP contribution in [0, 0.1) is 0 Å². The average Bonchev–Trinajstić information content (AvgIpc) is 2.36. The van der Waals surface area contributed by atoms with Gasteiger partial charge in [-0.05, 0) is 24.3 Å². The second kappa shape index (κ2) is 3.43. The molecule has 0 fully saturated rings.